The number of hydrogen-bond donors (Lipinski definition) is 4. The van der Waals surface area contributed by atoms with E-state index in [4.69, 9.17) is 5.11 Å². The summed E-state index contributed by atoms with van der Waals surface area (Å²) >= 11 is 0. The fourth-order valence-corrected chi connectivity index (χ4v) is 1.32. The van der Waals surface area contributed by atoms with Gasteiger partial charge in [-0.15, -0.1) is 0 Å². The predicted octanol–water partition coefficient (Wildman–Crippen LogP) is 0.0485. The number of nitrogens with zero attached hydrogens (tertiary/aromatic N) is 1. The molecule has 0 unspecified atom stereocenters. The average Bonchev–Trinajstić information content (AvgIpc) is 2.76. The van der Waals surface area contributed by atoms with E-state index in [1.807, 2.05) is 0 Å². The maximum absolute atomic E-state index is 11.7. The Morgan fingerprint density at radius 2 is 2.17 bits per heavy atom. The van der Waals surface area contributed by atoms with Gasteiger partial charge in [0.25, 0.3) is 5.91 Å². The summed E-state index contributed by atoms with van der Waals surface area (Å²) in [5.41, 5.74) is -0.557. The van der Waals surface area contributed by atoms with Crippen molar-refractivity contribution in [2.45, 2.75) is 0 Å². The molecule has 8 heteroatoms. The molecular weight excluding hydrogens is 240 g/mol. The lowest BCUT2D eigenvalue weighted by Crippen LogP contribution is -2.16. The van der Waals surface area contributed by atoms with Crippen LogP contribution in [-0.2, 0) is 0 Å². The monoisotopic (exact) mass is 248 g/mol. The molecule has 2 aromatic rings. The molecule has 0 radical (unpaired) electrons. The molecule has 92 valence electrons. The minimum atomic E-state index is -1.18. The van der Waals surface area contributed by atoms with Crippen LogP contribution >= 0.6 is 0 Å². The molecule has 1 amide bonds. The molecule has 0 aliphatic carbocycles. The summed E-state index contributed by atoms with van der Waals surface area (Å²) in [4.78, 5) is 41.7. The number of carbonyl (C=O) groups excluding carboxylic acids is 1. The van der Waals surface area contributed by atoms with Gasteiger partial charge in [-0.3, -0.25) is 9.78 Å². The van der Waals surface area contributed by atoms with Crippen molar-refractivity contribution in [2.24, 2.45) is 0 Å². The molecule has 2 rings (SSSR count). The van der Waals surface area contributed by atoms with E-state index in [0.717, 1.165) is 0 Å². The highest BCUT2D eigenvalue weighted by Gasteiger charge is 2.14. The highest BCUT2D eigenvalue weighted by molar-refractivity contribution is 6.06. The van der Waals surface area contributed by atoms with Gasteiger partial charge in [-0.1, -0.05) is 0 Å². The summed E-state index contributed by atoms with van der Waals surface area (Å²) in [6, 6.07) is 1.26. The molecule has 0 saturated carbocycles. The molecule has 0 bridgehead atoms. The van der Waals surface area contributed by atoms with Crippen LogP contribution in [0.1, 0.15) is 20.8 Å². The number of anilines is 1. The van der Waals surface area contributed by atoms with Gasteiger partial charge in [0.2, 0.25) is 0 Å². The number of amides is 1. The molecule has 8 nitrogen and oxygen atoms in total. The Morgan fingerprint density at radius 3 is 2.78 bits per heavy atom. The van der Waals surface area contributed by atoms with Crippen LogP contribution in [0, 0.1) is 0 Å². The Kier molecular flexibility index (Phi) is 2.92. The van der Waals surface area contributed by atoms with Crippen LogP contribution in [-0.4, -0.2) is 31.9 Å². The van der Waals surface area contributed by atoms with Crippen molar-refractivity contribution in [3.05, 3.63) is 46.4 Å². The summed E-state index contributed by atoms with van der Waals surface area (Å²) in [7, 11) is 0. The van der Waals surface area contributed by atoms with Crippen molar-refractivity contribution in [1.29, 1.82) is 0 Å². The molecule has 0 saturated heterocycles. The second-order valence-corrected chi connectivity index (χ2v) is 3.34. The molecule has 4 N–H and O–H groups in total. The van der Waals surface area contributed by atoms with Gasteiger partial charge in [-0.2, -0.15) is 0 Å². The second kappa shape index (κ2) is 4.53. The highest BCUT2D eigenvalue weighted by Crippen LogP contribution is 2.13. The molecule has 2 aromatic heterocycles. The number of carboxylic acids is 1. The fourth-order valence-electron chi connectivity index (χ4n) is 1.32. The van der Waals surface area contributed by atoms with Gasteiger partial charge in [0.1, 0.15) is 5.69 Å². The van der Waals surface area contributed by atoms with Crippen LogP contribution in [0.2, 0.25) is 0 Å². The number of nitrogens with one attached hydrogen (secondary N) is 3. The molecule has 18 heavy (non-hydrogen) atoms. The number of aromatic amines is 2. The van der Waals surface area contributed by atoms with Crippen molar-refractivity contribution < 1.29 is 14.7 Å². The molecule has 0 spiro atoms. The molecule has 0 fully saturated rings. The number of rotatable bonds is 3. The van der Waals surface area contributed by atoms with Gasteiger partial charge in [0, 0.05) is 12.4 Å². The number of hydrogen-bond acceptors (Lipinski definition) is 4. The van der Waals surface area contributed by atoms with Crippen molar-refractivity contribution in [3.8, 4) is 0 Å². The van der Waals surface area contributed by atoms with Crippen LogP contribution in [0.5, 0.6) is 0 Å². The number of aromatic nitrogens is 3. The quantitative estimate of drug-likeness (QED) is 0.610. The third kappa shape index (κ3) is 2.26. The smallest absolute Gasteiger partial charge is 0.337 e. The lowest BCUT2D eigenvalue weighted by molar-refractivity contribution is 0.0698. The first-order valence-corrected chi connectivity index (χ1v) is 4.84. The number of pyridine rings is 1. The summed E-state index contributed by atoms with van der Waals surface area (Å²) in [6.07, 6.45) is 3.71. The maximum atomic E-state index is 11.7. The predicted molar refractivity (Wildman–Crippen MR) is 60.6 cm³/mol. The second-order valence-electron chi connectivity index (χ2n) is 3.34. The average molecular weight is 248 g/mol. The molecule has 2 heterocycles. The third-order valence-corrected chi connectivity index (χ3v) is 2.14. The Hall–Kier alpha value is -2.90. The van der Waals surface area contributed by atoms with E-state index in [0.29, 0.717) is 0 Å². The zero-order valence-electron chi connectivity index (χ0n) is 8.93. The maximum Gasteiger partial charge on any atom is 0.337 e. The Balaban J connectivity index is 2.27. The summed E-state index contributed by atoms with van der Waals surface area (Å²) < 4.78 is 0. The fraction of sp³-hybridized carbons (Fsp3) is 0. The van der Waals surface area contributed by atoms with Crippen molar-refractivity contribution in [3.63, 3.8) is 0 Å². The summed E-state index contributed by atoms with van der Waals surface area (Å²) in [5, 5.41) is 11.3. The van der Waals surface area contributed by atoms with Gasteiger partial charge >= 0.3 is 11.7 Å². The number of imidazole rings is 1. The van der Waals surface area contributed by atoms with Crippen LogP contribution < -0.4 is 11.0 Å². The van der Waals surface area contributed by atoms with E-state index in [1.165, 1.54) is 24.7 Å². The Bertz CT molecular complexity index is 658. The van der Waals surface area contributed by atoms with E-state index in [-0.39, 0.29) is 16.9 Å². The lowest BCUT2D eigenvalue weighted by Gasteiger charge is -2.05. The van der Waals surface area contributed by atoms with E-state index < -0.39 is 17.6 Å². The summed E-state index contributed by atoms with van der Waals surface area (Å²) in [5.74, 6) is -1.82. The van der Waals surface area contributed by atoms with Crippen molar-refractivity contribution in [1.82, 2.24) is 15.0 Å². The minimum Gasteiger partial charge on any atom is -0.478 e. The minimum absolute atomic E-state index is 0.000178. The molecule has 0 aromatic carbocycles. The first kappa shape index (κ1) is 11.6. The van der Waals surface area contributed by atoms with Gasteiger partial charge in [0.05, 0.1) is 17.4 Å². The van der Waals surface area contributed by atoms with Gasteiger partial charge in [0.15, 0.2) is 0 Å². The number of aromatic carboxylic acids is 1. The Morgan fingerprint density at radius 1 is 1.39 bits per heavy atom. The molecule has 0 aliphatic heterocycles. The van der Waals surface area contributed by atoms with E-state index in [2.05, 4.69) is 20.3 Å². The van der Waals surface area contributed by atoms with Crippen molar-refractivity contribution >= 4 is 17.6 Å². The Labute approximate surface area is 99.7 Å². The summed E-state index contributed by atoms with van der Waals surface area (Å²) in [6.45, 7) is 0. The zero-order chi connectivity index (χ0) is 13.1. The normalized spacial score (nSPS) is 10.0. The van der Waals surface area contributed by atoms with Crippen LogP contribution in [0.25, 0.3) is 0 Å². The number of carboxylic acid groups (broad SMARTS) is 1. The van der Waals surface area contributed by atoms with Crippen LogP contribution in [0.3, 0.4) is 0 Å². The SMILES string of the molecule is O=C(Nc1cnccc1C(=O)O)c1c[nH]c(=O)[nH]1. The van der Waals surface area contributed by atoms with Gasteiger partial charge in [-0.05, 0) is 6.07 Å². The first-order valence-electron chi connectivity index (χ1n) is 4.84. The molecule has 0 aliphatic rings. The molecular formula is C10H8N4O4. The zero-order valence-corrected chi connectivity index (χ0v) is 8.93. The van der Waals surface area contributed by atoms with E-state index in [9.17, 15) is 14.4 Å². The van der Waals surface area contributed by atoms with Gasteiger partial charge in [-0.25, -0.2) is 9.59 Å². The van der Waals surface area contributed by atoms with E-state index >= 15 is 0 Å². The topological polar surface area (TPSA) is 128 Å². The highest BCUT2D eigenvalue weighted by atomic mass is 16.4. The third-order valence-electron chi connectivity index (χ3n) is 2.14. The van der Waals surface area contributed by atoms with E-state index in [1.54, 1.807) is 0 Å². The number of H-pyrrole nitrogens is 2. The van der Waals surface area contributed by atoms with Crippen molar-refractivity contribution in [2.75, 3.05) is 5.32 Å². The van der Waals surface area contributed by atoms with Crippen LogP contribution in [0.4, 0.5) is 5.69 Å². The lowest BCUT2D eigenvalue weighted by atomic mass is 10.2. The number of carbonyl (C=O) groups is 2. The van der Waals surface area contributed by atoms with Crippen LogP contribution in [0.15, 0.2) is 29.5 Å². The van der Waals surface area contributed by atoms with Gasteiger partial charge < -0.3 is 20.4 Å². The largest absolute Gasteiger partial charge is 0.478 e. The molecule has 0 atom stereocenters. The standard InChI is InChI=1S/C10H8N4O4/c15-8(7-4-12-10(18)14-7)13-6-3-11-2-1-5(6)9(16)17/h1-4H,(H,13,15)(H,16,17)(H2,12,14,18). The first-order chi connectivity index (χ1) is 8.58.